The maximum absolute atomic E-state index is 6.72. The molecule has 0 aliphatic heterocycles. The molecule has 0 aromatic carbocycles. The summed E-state index contributed by atoms with van der Waals surface area (Å²) in [5, 5.41) is 1.22. The average Bonchev–Trinajstić information content (AvgIpc) is 2.85. The molecular weight excluding hydrogens is 228 g/mol. The summed E-state index contributed by atoms with van der Waals surface area (Å²) in [7, 11) is 0. The lowest BCUT2D eigenvalue weighted by Gasteiger charge is -2.41. The van der Waals surface area contributed by atoms with Gasteiger partial charge in [-0.25, -0.2) is 4.98 Å². The van der Waals surface area contributed by atoms with E-state index in [2.05, 4.69) is 13.8 Å². The minimum absolute atomic E-state index is 0.146. The highest BCUT2D eigenvalue weighted by Gasteiger charge is 2.42. The normalized spacial score (nSPS) is 37.1. The molecule has 3 heteroatoms. The van der Waals surface area contributed by atoms with Crippen LogP contribution in [0.15, 0.2) is 0 Å². The Kier molecular flexibility index (Phi) is 2.79. The third-order valence-corrected chi connectivity index (χ3v) is 6.26. The molecule has 1 aromatic heterocycles. The number of rotatable bonds is 1. The van der Waals surface area contributed by atoms with Crippen LogP contribution in [0.5, 0.6) is 0 Å². The predicted octanol–water partition coefficient (Wildman–Crippen LogP) is 3.24. The minimum Gasteiger partial charge on any atom is -0.319 e. The van der Waals surface area contributed by atoms with Gasteiger partial charge in [0, 0.05) is 4.88 Å². The fourth-order valence-corrected chi connectivity index (χ4v) is 4.77. The first-order valence-electron chi connectivity index (χ1n) is 6.89. The lowest BCUT2D eigenvalue weighted by atomic mass is 9.69. The van der Waals surface area contributed by atoms with Crippen molar-refractivity contribution in [2.75, 3.05) is 0 Å². The SMILES string of the molecule is CC1CCCC(N)(c2nc3c(s2)CCC3)C1C. The second kappa shape index (κ2) is 4.06. The number of thiazole rings is 1. The molecule has 1 fully saturated rings. The van der Waals surface area contributed by atoms with E-state index in [1.807, 2.05) is 11.3 Å². The molecule has 1 saturated carbocycles. The third-order valence-electron chi connectivity index (χ3n) is 4.91. The molecule has 2 aliphatic rings. The Labute approximate surface area is 108 Å². The lowest BCUT2D eigenvalue weighted by molar-refractivity contribution is 0.143. The maximum Gasteiger partial charge on any atom is 0.113 e. The Balaban J connectivity index is 1.95. The number of nitrogens with two attached hydrogens (primary N) is 1. The van der Waals surface area contributed by atoms with Crippen LogP contribution in [-0.2, 0) is 18.4 Å². The highest BCUT2D eigenvalue weighted by Crippen LogP contribution is 2.45. The van der Waals surface area contributed by atoms with Crippen LogP contribution in [0, 0.1) is 11.8 Å². The molecule has 17 heavy (non-hydrogen) atoms. The molecule has 0 bridgehead atoms. The van der Waals surface area contributed by atoms with Gasteiger partial charge < -0.3 is 5.73 Å². The Bertz CT molecular complexity index is 404. The van der Waals surface area contributed by atoms with E-state index in [-0.39, 0.29) is 5.54 Å². The minimum atomic E-state index is -0.146. The van der Waals surface area contributed by atoms with Gasteiger partial charge in [0.1, 0.15) is 5.01 Å². The number of hydrogen-bond acceptors (Lipinski definition) is 3. The van der Waals surface area contributed by atoms with Crippen LogP contribution < -0.4 is 5.73 Å². The van der Waals surface area contributed by atoms with Crippen molar-refractivity contribution in [2.24, 2.45) is 17.6 Å². The van der Waals surface area contributed by atoms with Gasteiger partial charge in [0.05, 0.1) is 11.2 Å². The van der Waals surface area contributed by atoms with Crippen LogP contribution in [0.2, 0.25) is 0 Å². The molecule has 0 radical (unpaired) electrons. The van der Waals surface area contributed by atoms with Gasteiger partial charge in [0.2, 0.25) is 0 Å². The highest BCUT2D eigenvalue weighted by atomic mass is 32.1. The van der Waals surface area contributed by atoms with Crippen LogP contribution in [0.4, 0.5) is 0 Å². The fourth-order valence-electron chi connectivity index (χ4n) is 3.39. The van der Waals surface area contributed by atoms with E-state index in [4.69, 9.17) is 10.7 Å². The van der Waals surface area contributed by atoms with E-state index in [1.54, 1.807) is 0 Å². The first-order valence-corrected chi connectivity index (χ1v) is 7.71. The van der Waals surface area contributed by atoms with Crippen molar-refractivity contribution in [3.05, 3.63) is 15.6 Å². The molecule has 2 aliphatic carbocycles. The van der Waals surface area contributed by atoms with E-state index in [0.717, 1.165) is 12.3 Å². The van der Waals surface area contributed by atoms with Crippen molar-refractivity contribution >= 4 is 11.3 Å². The molecule has 0 saturated heterocycles. The molecule has 1 heterocycles. The van der Waals surface area contributed by atoms with Crippen molar-refractivity contribution < 1.29 is 0 Å². The first-order chi connectivity index (χ1) is 8.11. The predicted molar refractivity (Wildman–Crippen MR) is 72.2 cm³/mol. The lowest BCUT2D eigenvalue weighted by Crippen LogP contribution is -2.48. The summed E-state index contributed by atoms with van der Waals surface area (Å²) in [6.45, 7) is 4.66. The van der Waals surface area contributed by atoms with Crippen LogP contribution >= 0.6 is 11.3 Å². The first kappa shape index (κ1) is 11.7. The second-order valence-electron chi connectivity index (χ2n) is 5.94. The zero-order valence-corrected chi connectivity index (χ0v) is 11.6. The highest BCUT2D eigenvalue weighted by molar-refractivity contribution is 7.12. The van der Waals surface area contributed by atoms with Gasteiger partial charge in [0.15, 0.2) is 0 Å². The number of hydrogen-bond donors (Lipinski definition) is 1. The van der Waals surface area contributed by atoms with Crippen molar-refractivity contribution in [2.45, 2.75) is 57.9 Å². The summed E-state index contributed by atoms with van der Waals surface area (Å²) in [6.07, 6.45) is 7.39. The molecule has 2 N–H and O–H groups in total. The van der Waals surface area contributed by atoms with Gasteiger partial charge in [-0.15, -0.1) is 11.3 Å². The molecule has 94 valence electrons. The van der Waals surface area contributed by atoms with Gasteiger partial charge in [-0.3, -0.25) is 0 Å². The monoisotopic (exact) mass is 250 g/mol. The van der Waals surface area contributed by atoms with Crippen LogP contribution in [0.1, 0.15) is 55.1 Å². The molecule has 3 unspecified atom stereocenters. The van der Waals surface area contributed by atoms with Crippen molar-refractivity contribution in [1.82, 2.24) is 4.98 Å². The van der Waals surface area contributed by atoms with Crippen molar-refractivity contribution in [3.63, 3.8) is 0 Å². The molecule has 1 aromatic rings. The Morgan fingerprint density at radius 1 is 1.29 bits per heavy atom. The summed E-state index contributed by atoms with van der Waals surface area (Å²) in [4.78, 5) is 6.37. The van der Waals surface area contributed by atoms with Crippen LogP contribution in [0.25, 0.3) is 0 Å². The Morgan fingerprint density at radius 3 is 2.88 bits per heavy atom. The molecule has 3 rings (SSSR count). The summed E-state index contributed by atoms with van der Waals surface area (Å²) in [5.74, 6) is 1.29. The largest absolute Gasteiger partial charge is 0.319 e. The molecule has 2 nitrogen and oxygen atoms in total. The van der Waals surface area contributed by atoms with Gasteiger partial charge >= 0.3 is 0 Å². The van der Waals surface area contributed by atoms with E-state index in [1.165, 1.54) is 47.7 Å². The molecule has 0 amide bonds. The number of aromatic nitrogens is 1. The van der Waals surface area contributed by atoms with E-state index in [9.17, 15) is 0 Å². The summed E-state index contributed by atoms with van der Waals surface area (Å²) < 4.78 is 0. The average molecular weight is 250 g/mol. The number of fused-ring (bicyclic) bond motifs is 1. The standard InChI is InChI=1S/C14H22N2S/c1-9-5-4-8-14(15,10(9)2)13-16-11-6-3-7-12(11)17-13/h9-10H,3-8,15H2,1-2H3. The fraction of sp³-hybridized carbons (Fsp3) is 0.786. The zero-order valence-electron chi connectivity index (χ0n) is 10.8. The Morgan fingerprint density at radius 2 is 2.12 bits per heavy atom. The van der Waals surface area contributed by atoms with E-state index >= 15 is 0 Å². The summed E-state index contributed by atoms with van der Waals surface area (Å²) in [5.41, 5.74) is 7.92. The van der Waals surface area contributed by atoms with Gasteiger partial charge in [-0.05, 0) is 37.5 Å². The smallest absolute Gasteiger partial charge is 0.113 e. The van der Waals surface area contributed by atoms with E-state index < -0.39 is 0 Å². The van der Waals surface area contributed by atoms with Gasteiger partial charge in [-0.1, -0.05) is 26.7 Å². The van der Waals surface area contributed by atoms with Crippen LogP contribution in [-0.4, -0.2) is 4.98 Å². The van der Waals surface area contributed by atoms with Crippen molar-refractivity contribution in [1.29, 1.82) is 0 Å². The quantitative estimate of drug-likeness (QED) is 0.831. The molecule has 0 spiro atoms. The maximum atomic E-state index is 6.72. The third kappa shape index (κ3) is 1.75. The van der Waals surface area contributed by atoms with Crippen LogP contribution in [0.3, 0.4) is 0 Å². The number of aryl methyl sites for hydroxylation is 2. The molecular formula is C14H22N2S. The Hall–Kier alpha value is -0.410. The zero-order chi connectivity index (χ0) is 12.0. The van der Waals surface area contributed by atoms with Gasteiger partial charge in [0.25, 0.3) is 0 Å². The summed E-state index contributed by atoms with van der Waals surface area (Å²) >= 11 is 1.90. The second-order valence-corrected chi connectivity index (χ2v) is 7.02. The number of nitrogens with zero attached hydrogens (tertiary/aromatic N) is 1. The summed E-state index contributed by atoms with van der Waals surface area (Å²) in [6, 6.07) is 0. The molecule has 3 atom stereocenters. The topological polar surface area (TPSA) is 38.9 Å². The van der Waals surface area contributed by atoms with E-state index in [0.29, 0.717) is 5.92 Å². The van der Waals surface area contributed by atoms with Crippen molar-refractivity contribution in [3.8, 4) is 0 Å². The van der Waals surface area contributed by atoms with Gasteiger partial charge in [-0.2, -0.15) is 0 Å².